The van der Waals surface area contributed by atoms with Gasteiger partial charge in [0.15, 0.2) is 5.78 Å². The predicted molar refractivity (Wildman–Crippen MR) is 129 cm³/mol. The lowest BCUT2D eigenvalue weighted by molar-refractivity contribution is -0.114. The molecule has 0 N–H and O–H groups in total. The normalized spacial score (nSPS) is 38.4. The number of carbonyl (C=O) groups is 1. The Labute approximate surface area is 192 Å². The summed E-state index contributed by atoms with van der Waals surface area (Å²) in [6.45, 7) is 3.52. The summed E-state index contributed by atoms with van der Waals surface area (Å²) in [6, 6.07) is 9.31. The molecule has 1 saturated heterocycles. The van der Waals surface area contributed by atoms with Gasteiger partial charge in [0, 0.05) is 44.1 Å². The van der Waals surface area contributed by atoms with Crippen molar-refractivity contribution < 1.29 is 9.53 Å². The zero-order chi connectivity index (χ0) is 22.1. The van der Waals surface area contributed by atoms with E-state index in [1.165, 1.54) is 55.3 Å². The van der Waals surface area contributed by atoms with E-state index in [2.05, 4.69) is 50.2 Å². The van der Waals surface area contributed by atoms with E-state index < -0.39 is 0 Å². The molecule has 4 aliphatic carbocycles. The van der Waals surface area contributed by atoms with Crippen molar-refractivity contribution in [3.8, 4) is 0 Å². The minimum Gasteiger partial charge on any atom is -0.378 e. The number of rotatable bonds is 2. The lowest BCUT2D eigenvalue weighted by atomic mass is 9.51. The Bertz CT molecular complexity index is 994. The fourth-order valence-electron chi connectivity index (χ4n) is 8.39. The summed E-state index contributed by atoms with van der Waals surface area (Å²) in [6.07, 6.45) is 12.1. The molecule has 5 atom stereocenters. The molecule has 0 bridgehead atoms. The number of allylic oxidation sites excluding steroid dienone is 4. The molecule has 1 heterocycles. The van der Waals surface area contributed by atoms with Crippen LogP contribution < -0.4 is 4.90 Å². The van der Waals surface area contributed by atoms with E-state index in [0.717, 1.165) is 25.4 Å². The molecular formula is C29H37NO2. The zero-order valence-electron chi connectivity index (χ0n) is 20.0. The van der Waals surface area contributed by atoms with E-state index in [4.69, 9.17) is 4.74 Å². The van der Waals surface area contributed by atoms with Gasteiger partial charge < -0.3 is 9.64 Å². The summed E-state index contributed by atoms with van der Waals surface area (Å²) in [5.41, 5.74) is 7.66. The van der Waals surface area contributed by atoms with Crippen molar-refractivity contribution in [2.75, 3.05) is 25.6 Å². The Morgan fingerprint density at radius 1 is 1.03 bits per heavy atom. The first-order valence-electron chi connectivity index (χ1n) is 12.8. The molecular weight excluding hydrogens is 394 g/mol. The van der Waals surface area contributed by atoms with Gasteiger partial charge in [0.1, 0.15) is 0 Å². The lowest BCUT2D eigenvalue weighted by Crippen LogP contribution is -2.51. The maximum Gasteiger partial charge on any atom is 0.156 e. The second kappa shape index (κ2) is 7.32. The number of carbonyl (C=O) groups excluding carboxylic acids is 1. The summed E-state index contributed by atoms with van der Waals surface area (Å²) in [4.78, 5) is 14.4. The van der Waals surface area contributed by atoms with Gasteiger partial charge in [-0.15, -0.1) is 0 Å². The van der Waals surface area contributed by atoms with Gasteiger partial charge in [-0.2, -0.15) is 0 Å². The second-order valence-electron chi connectivity index (χ2n) is 11.5. The first-order chi connectivity index (χ1) is 15.4. The monoisotopic (exact) mass is 431 g/mol. The van der Waals surface area contributed by atoms with Crippen LogP contribution in [0.3, 0.4) is 0 Å². The smallest absolute Gasteiger partial charge is 0.156 e. The molecule has 3 nitrogen and oxygen atoms in total. The molecule has 1 aromatic rings. The second-order valence-corrected chi connectivity index (χ2v) is 11.5. The van der Waals surface area contributed by atoms with Crippen LogP contribution in [0, 0.1) is 17.3 Å². The molecule has 5 aliphatic rings. The maximum absolute atomic E-state index is 12.2. The number of hydrogen-bond donors (Lipinski definition) is 0. The Hall–Kier alpha value is -1.87. The molecule has 1 aliphatic heterocycles. The molecule has 3 fully saturated rings. The van der Waals surface area contributed by atoms with Gasteiger partial charge in [0.05, 0.1) is 5.60 Å². The summed E-state index contributed by atoms with van der Waals surface area (Å²) in [7, 11) is 4.22. The van der Waals surface area contributed by atoms with Crippen LogP contribution in [0.15, 0.2) is 47.1 Å². The van der Waals surface area contributed by atoms with E-state index in [-0.39, 0.29) is 11.0 Å². The highest BCUT2D eigenvalue weighted by atomic mass is 16.5. The van der Waals surface area contributed by atoms with E-state index in [9.17, 15) is 4.79 Å². The van der Waals surface area contributed by atoms with Gasteiger partial charge in [-0.25, -0.2) is 0 Å². The molecule has 6 rings (SSSR count). The summed E-state index contributed by atoms with van der Waals surface area (Å²) in [5.74, 6) is 2.15. The van der Waals surface area contributed by atoms with E-state index in [1.807, 2.05) is 6.08 Å². The predicted octanol–water partition coefficient (Wildman–Crippen LogP) is 6.20. The minimum atomic E-state index is 0.0916. The van der Waals surface area contributed by atoms with E-state index in [1.54, 1.807) is 11.1 Å². The largest absolute Gasteiger partial charge is 0.378 e. The summed E-state index contributed by atoms with van der Waals surface area (Å²) in [5, 5.41) is 0. The molecule has 0 radical (unpaired) electrons. The van der Waals surface area contributed by atoms with Crippen LogP contribution in [0.1, 0.15) is 76.2 Å². The van der Waals surface area contributed by atoms with Gasteiger partial charge in [0.25, 0.3) is 0 Å². The van der Waals surface area contributed by atoms with Crippen LogP contribution in [0.5, 0.6) is 0 Å². The minimum absolute atomic E-state index is 0.0916. The molecule has 0 aromatic heterocycles. The van der Waals surface area contributed by atoms with Crippen molar-refractivity contribution in [2.45, 2.75) is 76.2 Å². The molecule has 4 unspecified atom stereocenters. The van der Waals surface area contributed by atoms with Gasteiger partial charge >= 0.3 is 0 Å². The number of benzene rings is 1. The number of ketones is 1. The molecule has 170 valence electrons. The average molecular weight is 432 g/mol. The van der Waals surface area contributed by atoms with Gasteiger partial charge in [-0.3, -0.25) is 4.79 Å². The summed E-state index contributed by atoms with van der Waals surface area (Å²) < 4.78 is 6.63. The Balaban J connectivity index is 1.50. The van der Waals surface area contributed by atoms with Crippen LogP contribution in [0.25, 0.3) is 0 Å². The third-order valence-electron chi connectivity index (χ3n) is 9.94. The van der Waals surface area contributed by atoms with Crippen LogP contribution in [0.2, 0.25) is 0 Å². The average Bonchev–Trinajstić information content (AvgIpc) is 3.39. The van der Waals surface area contributed by atoms with E-state index >= 15 is 0 Å². The number of nitrogens with zero attached hydrogens (tertiary/aromatic N) is 1. The molecule has 32 heavy (non-hydrogen) atoms. The molecule has 3 heteroatoms. The number of hydrogen-bond acceptors (Lipinski definition) is 3. The topological polar surface area (TPSA) is 29.5 Å². The molecule has 0 amide bonds. The highest BCUT2D eigenvalue weighted by molar-refractivity contribution is 5.93. The number of fused-ring (bicyclic) bond motifs is 5. The van der Waals surface area contributed by atoms with Crippen LogP contribution in [0.4, 0.5) is 5.69 Å². The van der Waals surface area contributed by atoms with Crippen molar-refractivity contribution in [3.05, 3.63) is 52.6 Å². The van der Waals surface area contributed by atoms with Gasteiger partial charge in [0.2, 0.25) is 0 Å². The standard InChI is InChI=1S/C29H37NO2/c1-28-18-25(19-5-8-21(9-6-19)30(2)3)27-23-12-10-22(31)17-20(23)7-11-24(27)26(28)13-15-29(28)14-4-16-32-29/h5-6,8-9,17,24-26H,4,7,10-16,18H2,1-3H3/t24?,25?,26?,28-,29?/m0/s1. The van der Waals surface area contributed by atoms with Crippen LogP contribution >= 0.6 is 0 Å². The molecule has 2 saturated carbocycles. The van der Waals surface area contributed by atoms with Crippen molar-refractivity contribution in [1.29, 1.82) is 0 Å². The Kier molecular flexibility index (Phi) is 4.74. The molecule has 1 aromatic carbocycles. The SMILES string of the molecule is CN(C)c1ccc(C2C[C@@]3(C)C(CCC34CCCO4)C3CCC4=CC(=O)CCC4=C23)cc1. The maximum atomic E-state index is 12.2. The van der Waals surface area contributed by atoms with Crippen molar-refractivity contribution >= 4 is 11.5 Å². The first-order valence-corrected chi connectivity index (χ1v) is 12.8. The Morgan fingerprint density at radius 2 is 1.84 bits per heavy atom. The van der Waals surface area contributed by atoms with Crippen molar-refractivity contribution in [3.63, 3.8) is 0 Å². The van der Waals surface area contributed by atoms with Gasteiger partial charge in [-0.1, -0.05) is 24.6 Å². The third kappa shape index (κ3) is 2.86. The molecule has 1 spiro atoms. The van der Waals surface area contributed by atoms with Crippen molar-refractivity contribution in [1.82, 2.24) is 0 Å². The number of ether oxygens (including phenoxy) is 1. The van der Waals surface area contributed by atoms with Crippen LogP contribution in [-0.4, -0.2) is 32.1 Å². The van der Waals surface area contributed by atoms with Crippen LogP contribution in [-0.2, 0) is 9.53 Å². The first kappa shape index (κ1) is 20.7. The Morgan fingerprint density at radius 3 is 2.56 bits per heavy atom. The lowest BCUT2D eigenvalue weighted by Gasteiger charge is -2.55. The van der Waals surface area contributed by atoms with Crippen molar-refractivity contribution in [2.24, 2.45) is 17.3 Å². The third-order valence-corrected chi connectivity index (χ3v) is 9.94. The fraction of sp³-hybridized carbons (Fsp3) is 0.621. The number of anilines is 1. The highest BCUT2D eigenvalue weighted by Crippen LogP contribution is 2.69. The van der Waals surface area contributed by atoms with E-state index in [0.29, 0.717) is 24.0 Å². The van der Waals surface area contributed by atoms with Gasteiger partial charge in [-0.05, 0) is 98.1 Å². The highest BCUT2D eigenvalue weighted by Gasteiger charge is 2.64. The summed E-state index contributed by atoms with van der Waals surface area (Å²) >= 11 is 0. The zero-order valence-corrected chi connectivity index (χ0v) is 20.0. The fourth-order valence-corrected chi connectivity index (χ4v) is 8.39. The quantitative estimate of drug-likeness (QED) is 0.558.